The molecule has 3 nitrogen and oxygen atoms in total. The minimum Gasteiger partial charge on any atom is -0.344 e. The number of nitrogens with zero attached hydrogens (tertiary/aromatic N) is 1. The fourth-order valence-corrected chi connectivity index (χ4v) is 6.20. The molecule has 0 bridgehead atoms. The van der Waals surface area contributed by atoms with E-state index in [9.17, 15) is 0 Å². The number of fused-ring (bicyclic) bond motifs is 1. The molecule has 2 heterocycles. The van der Waals surface area contributed by atoms with Gasteiger partial charge in [-0.05, 0) is 88.2 Å². The largest absolute Gasteiger partial charge is 0.344 e. The predicted molar refractivity (Wildman–Crippen MR) is 140 cm³/mol. The first-order valence-corrected chi connectivity index (χ1v) is 13.4. The highest BCUT2D eigenvalue weighted by Gasteiger charge is 2.23. The molecule has 1 aliphatic carbocycles. The van der Waals surface area contributed by atoms with Gasteiger partial charge in [0.05, 0.1) is 0 Å². The summed E-state index contributed by atoms with van der Waals surface area (Å²) in [5.41, 5.74) is 5.84. The summed E-state index contributed by atoms with van der Waals surface area (Å²) in [5.74, 6) is 0.538. The van der Waals surface area contributed by atoms with E-state index >= 15 is 0 Å². The highest BCUT2D eigenvalue weighted by atomic mass is 15.0. The molecular formula is C30H41N3. The third-order valence-electron chi connectivity index (χ3n) is 8.01. The molecule has 1 saturated carbocycles. The number of hydrogen-bond acceptors (Lipinski definition) is 2. The van der Waals surface area contributed by atoms with Crippen LogP contribution in [0.3, 0.4) is 0 Å². The molecule has 2 aliphatic rings. The Labute approximate surface area is 200 Å². The van der Waals surface area contributed by atoms with Gasteiger partial charge in [0.15, 0.2) is 0 Å². The molecule has 2 aromatic carbocycles. The van der Waals surface area contributed by atoms with Crippen LogP contribution in [-0.2, 0) is 6.42 Å². The second kappa shape index (κ2) is 10.9. The van der Waals surface area contributed by atoms with Crippen molar-refractivity contribution in [2.24, 2.45) is 0 Å². The molecule has 3 heteroatoms. The minimum atomic E-state index is 0.538. The zero-order chi connectivity index (χ0) is 22.5. The molecule has 2 fully saturated rings. The van der Waals surface area contributed by atoms with Crippen LogP contribution in [0.25, 0.3) is 10.9 Å². The van der Waals surface area contributed by atoms with Crippen LogP contribution in [-0.4, -0.2) is 30.2 Å². The highest BCUT2D eigenvalue weighted by Crippen LogP contribution is 2.37. The van der Waals surface area contributed by atoms with Gasteiger partial charge in [-0.1, -0.05) is 67.3 Å². The molecular weight excluding hydrogens is 402 g/mol. The molecule has 0 spiro atoms. The maximum Gasteiger partial charge on any atom is 0.0485 e. The number of rotatable bonds is 8. The zero-order valence-corrected chi connectivity index (χ0v) is 20.4. The quantitative estimate of drug-likeness (QED) is 0.415. The number of piperidine rings is 1. The van der Waals surface area contributed by atoms with Crippen LogP contribution in [0.4, 0.5) is 0 Å². The van der Waals surface area contributed by atoms with Gasteiger partial charge in [-0.2, -0.15) is 0 Å². The third-order valence-corrected chi connectivity index (χ3v) is 8.01. The van der Waals surface area contributed by atoms with Crippen LogP contribution in [0.2, 0.25) is 0 Å². The van der Waals surface area contributed by atoms with Gasteiger partial charge in [0.25, 0.3) is 0 Å². The van der Waals surface area contributed by atoms with Crippen LogP contribution in [0.15, 0.2) is 54.7 Å². The molecule has 1 saturated heterocycles. The van der Waals surface area contributed by atoms with E-state index in [0.717, 1.165) is 26.1 Å². The van der Waals surface area contributed by atoms with Gasteiger partial charge < -0.3 is 15.2 Å². The summed E-state index contributed by atoms with van der Waals surface area (Å²) >= 11 is 0. The first kappa shape index (κ1) is 22.7. The average Bonchev–Trinajstić information content (AvgIpc) is 3.24. The predicted octanol–water partition coefficient (Wildman–Crippen LogP) is 6.51. The number of hydrogen-bond donors (Lipinski definition) is 2. The van der Waals surface area contributed by atoms with Crippen molar-refractivity contribution in [3.05, 3.63) is 71.4 Å². The first-order valence-electron chi connectivity index (χ1n) is 13.4. The van der Waals surface area contributed by atoms with Gasteiger partial charge in [-0.3, -0.25) is 0 Å². The molecule has 1 unspecified atom stereocenters. The van der Waals surface area contributed by atoms with Crippen molar-refractivity contribution in [3.8, 4) is 0 Å². The summed E-state index contributed by atoms with van der Waals surface area (Å²) in [5, 5.41) is 8.85. The molecule has 5 rings (SSSR count). The molecule has 0 amide bonds. The topological polar surface area (TPSA) is 29.0 Å². The molecule has 1 aliphatic heterocycles. The lowest BCUT2D eigenvalue weighted by Gasteiger charge is -2.25. The lowest BCUT2D eigenvalue weighted by Crippen LogP contribution is -2.40. The number of aryl methyl sites for hydroxylation is 1. The minimum absolute atomic E-state index is 0.538. The fraction of sp³-hybridized carbons (Fsp3) is 0.533. The maximum absolute atomic E-state index is 3.89. The summed E-state index contributed by atoms with van der Waals surface area (Å²) in [6, 6.07) is 19.7. The summed E-state index contributed by atoms with van der Waals surface area (Å²) in [6.45, 7) is 5.62. The number of nitrogens with one attached hydrogen (secondary N) is 2. The zero-order valence-electron chi connectivity index (χ0n) is 20.4. The Morgan fingerprint density at radius 1 is 0.970 bits per heavy atom. The second-order valence-electron chi connectivity index (χ2n) is 10.5. The smallest absolute Gasteiger partial charge is 0.0485 e. The van der Waals surface area contributed by atoms with Crippen molar-refractivity contribution < 1.29 is 0 Å². The maximum atomic E-state index is 3.89. The number of para-hydroxylation sites is 1. The average molecular weight is 444 g/mol. The van der Waals surface area contributed by atoms with Crippen LogP contribution >= 0.6 is 0 Å². The Balaban J connectivity index is 1.43. The van der Waals surface area contributed by atoms with Gasteiger partial charge in [-0.25, -0.2) is 0 Å². The Bertz CT molecular complexity index is 1020. The normalized spacial score (nSPS) is 19.2. The summed E-state index contributed by atoms with van der Waals surface area (Å²) < 4.78 is 2.65. The van der Waals surface area contributed by atoms with Crippen molar-refractivity contribution >= 4 is 10.9 Å². The van der Waals surface area contributed by atoms with Crippen molar-refractivity contribution in [2.45, 2.75) is 82.7 Å². The molecule has 176 valence electrons. The van der Waals surface area contributed by atoms with E-state index < -0.39 is 0 Å². The van der Waals surface area contributed by atoms with Gasteiger partial charge >= 0.3 is 0 Å². The van der Waals surface area contributed by atoms with Crippen molar-refractivity contribution in [1.82, 2.24) is 15.2 Å². The Kier molecular flexibility index (Phi) is 7.48. The summed E-state index contributed by atoms with van der Waals surface area (Å²) in [6.07, 6.45) is 14.2. The molecule has 2 N–H and O–H groups in total. The summed E-state index contributed by atoms with van der Waals surface area (Å²) in [4.78, 5) is 0. The Morgan fingerprint density at radius 3 is 2.61 bits per heavy atom. The van der Waals surface area contributed by atoms with E-state index in [1.807, 2.05) is 0 Å². The lowest BCUT2D eigenvalue weighted by molar-refractivity contribution is 0.359. The lowest BCUT2D eigenvalue weighted by atomic mass is 9.88. The van der Waals surface area contributed by atoms with Crippen molar-refractivity contribution in [1.29, 1.82) is 0 Å². The van der Waals surface area contributed by atoms with Crippen LogP contribution in [0.5, 0.6) is 0 Å². The fourth-order valence-electron chi connectivity index (χ4n) is 6.20. The van der Waals surface area contributed by atoms with E-state index in [0.29, 0.717) is 18.0 Å². The van der Waals surface area contributed by atoms with E-state index in [1.165, 1.54) is 73.4 Å². The highest BCUT2D eigenvalue weighted by molar-refractivity contribution is 5.84. The molecule has 1 atom stereocenters. The molecule has 1 aromatic heterocycles. The summed E-state index contributed by atoms with van der Waals surface area (Å²) in [7, 11) is 0. The van der Waals surface area contributed by atoms with E-state index in [-0.39, 0.29) is 0 Å². The molecule has 3 aromatic rings. The van der Waals surface area contributed by atoms with E-state index in [4.69, 9.17) is 0 Å². The Morgan fingerprint density at radius 2 is 1.79 bits per heavy atom. The van der Waals surface area contributed by atoms with Gasteiger partial charge in [0.1, 0.15) is 0 Å². The van der Waals surface area contributed by atoms with Crippen molar-refractivity contribution in [3.63, 3.8) is 0 Å². The van der Waals surface area contributed by atoms with E-state index in [1.54, 1.807) is 5.56 Å². The van der Waals surface area contributed by atoms with Crippen LogP contribution in [0, 0.1) is 6.92 Å². The van der Waals surface area contributed by atoms with Gasteiger partial charge in [0, 0.05) is 29.2 Å². The third kappa shape index (κ3) is 5.53. The first-order chi connectivity index (χ1) is 16.3. The monoisotopic (exact) mass is 443 g/mol. The second-order valence-corrected chi connectivity index (χ2v) is 10.5. The SMILES string of the molecule is Cc1cccc(CC(CCNC2CCNCC2)c2cn(C3CCCCC3)c3ccccc23)c1. The van der Waals surface area contributed by atoms with Gasteiger partial charge in [-0.15, -0.1) is 0 Å². The number of aromatic nitrogens is 1. The van der Waals surface area contributed by atoms with Gasteiger partial charge in [0.2, 0.25) is 0 Å². The number of benzene rings is 2. The van der Waals surface area contributed by atoms with Crippen LogP contribution in [0.1, 0.15) is 80.0 Å². The Hall–Kier alpha value is -2.10. The van der Waals surface area contributed by atoms with E-state index in [2.05, 4.69) is 76.9 Å². The van der Waals surface area contributed by atoms with Crippen molar-refractivity contribution in [2.75, 3.05) is 19.6 Å². The van der Waals surface area contributed by atoms with Crippen LogP contribution < -0.4 is 10.6 Å². The standard InChI is InChI=1S/C30H41N3/c1-23-8-7-9-24(20-23)21-25(14-19-32-26-15-17-31-18-16-26)29-22-33(27-10-3-2-4-11-27)30-13-6-5-12-28(29)30/h5-9,12-13,20,22,25-27,31-32H,2-4,10-11,14-19,21H2,1H3. The molecule has 33 heavy (non-hydrogen) atoms. The molecule has 0 radical (unpaired) electrons.